The van der Waals surface area contributed by atoms with Crippen LogP contribution >= 0.6 is 0 Å². The highest BCUT2D eigenvalue weighted by molar-refractivity contribution is 4.76. The number of unbranched alkanes of at least 4 members (excludes halogenated alkanes) is 9. The molecule has 0 saturated carbocycles. The van der Waals surface area contributed by atoms with Crippen molar-refractivity contribution in [3.63, 3.8) is 0 Å². The summed E-state index contributed by atoms with van der Waals surface area (Å²) < 4.78 is 0. The molecule has 1 N–H and O–H groups in total. The average Bonchev–Trinajstić information content (AvgIpc) is 2.37. The van der Waals surface area contributed by atoms with E-state index in [0.29, 0.717) is 5.54 Å². The fourth-order valence-corrected chi connectivity index (χ4v) is 2.59. The maximum atomic E-state index is 3.74. The molecule has 0 aromatic rings. The molecule has 0 atom stereocenters. The van der Waals surface area contributed by atoms with Gasteiger partial charge in [-0.3, -0.25) is 0 Å². The lowest BCUT2D eigenvalue weighted by Crippen LogP contribution is -2.39. The monoisotopic (exact) mass is 269 g/mol. The van der Waals surface area contributed by atoms with E-state index in [9.17, 15) is 0 Å². The Morgan fingerprint density at radius 3 is 1.68 bits per heavy atom. The van der Waals surface area contributed by atoms with Crippen molar-refractivity contribution >= 4 is 0 Å². The minimum absolute atomic E-state index is 0.343. The van der Waals surface area contributed by atoms with E-state index >= 15 is 0 Å². The summed E-state index contributed by atoms with van der Waals surface area (Å²) in [4.78, 5) is 0. The van der Waals surface area contributed by atoms with Gasteiger partial charge in [0.25, 0.3) is 0 Å². The van der Waals surface area contributed by atoms with Gasteiger partial charge in [-0.2, -0.15) is 0 Å². The van der Waals surface area contributed by atoms with E-state index in [4.69, 9.17) is 0 Å². The Bertz CT molecular complexity index is 175. The molecule has 1 heteroatoms. The van der Waals surface area contributed by atoms with E-state index in [2.05, 4.69) is 33.0 Å². The first kappa shape index (κ1) is 19.0. The van der Waals surface area contributed by atoms with Crippen LogP contribution < -0.4 is 5.32 Å². The smallest absolute Gasteiger partial charge is 0.0125 e. The van der Waals surface area contributed by atoms with Crippen LogP contribution in [0.2, 0.25) is 0 Å². The molecule has 0 aliphatic rings. The van der Waals surface area contributed by atoms with Gasteiger partial charge in [0.2, 0.25) is 0 Å². The van der Waals surface area contributed by atoms with Crippen molar-refractivity contribution in [2.24, 2.45) is 0 Å². The molecule has 0 aromatic heterocycles. The van der Waals surface area contributed by atoms with Gasteiger partial charge >= 0.3 is 0 Å². The summed E-state index contributed by atoms with van der Waals surface area (Å²) >= 11 is 0. The van der Waals surface area contributed by atoms with Crippen molar-refractivity contribution in [3.8, 4) is 0 Å². The minimum Gasteiger partial charge on any atom is -0.312 e. The zero-order chi connectivity index (χ0) is 14.4. The van der Waals surface area contributed by atoms with Crippen LogP contribution in [0.5, 0.6) is 0 Å². The Labute approximate surface area is 122 Å². The van der Waals surface area contributed by atoms with Crippen molar-refractivity contribution in [1.29, 1.82) is 0 Å². The second-order valence-corrected chi connectivity index (χ2v) is 6.74. The Balaban J connectivity index is 3.35. The third-order valence-corrected chi connectivity index (χ3v) is 4.04. The lowest BCUT2D eigenvalue weighted by Gasteiger charge is -2.26. The van der Waals surface area contributed by atoms with Gasteiger partial charge in [-0.1, -0.05) is 78.1 Å². The molecule has 1 nitrogen and oxygen atoms in total. The average molecular weight is 270 g/mol. The summed E-state index contributed by atoms with van der Waals surface area (Å²) in [7, 11) is 0. The first-order valence-electron chi connectivity index (χ1n) is 8.87. The van der Waals surface area contributed by atoms with Crippen LogP contribution in [0.4, 0.5) is 0 Å². The molecular formula is C18H39N. The van der Waals surface area contributed by atoms with E-state index in [1.165, 1.54) is 83.6 Å². The van der Waals surface area contributed by atoms with Crippen LogP contribution in [0.15, 0.2) is 0 Å². The Kier molecular flexibility index (Phi) is 12.9. The molecule has 0 aliphatic heterocycles. The largest absolute Gasteiger partial charge is 0.312 e. The van der Waals surface area contributed by atoms with Crippen molar-refractivity contribution in [1.82, 2.24) is 5.32 Å². The molecule has 0 saturated heterocycles. The van der Waals surface area contributed by atoms with Crippen molar-refractivity contribution in [2.75, 3.05) is 6.54 Å². The quantitative estimate of drug-likeness (QED) is 0.377. The highest BCUT2D eigenvalue weighted by atomic mass is 14.9. The number of hydrogen-bond donors (Lipinski definition) is 1. The van der Waals surface area contributed by atoms with E-state index in [-0.39, 0.29) is 0 Å². The van der Waals surface area contributed by atoms with E-state index in [1.54, 1.807) is 0 Å². The van der Waals surface area contributed by atoms with Crippen LogP contribution in [-0.2, 0) is 0 Å². The fourth-order valence-electron chi connectivity index (χ4n) is 2.59. The van der Waals surface area contributed by atoms with Crippen LogP contribution in [0.3, 0.4) is 0 Å². The first-order chi connectivity index (χ1) is 9.12. The van der Waals surface area contributed by atoms with Gasteiger partial charge in [-0.05, 0) is 33.2 Å². The minimum atomic E-state index is 0.343. The van der Waals surface area contributed by atoms with Crippen molar-refractivity contribution < 1.29 is 0 Å². The summed E-state index contributed by atoms with van der Waals surface area (Å²) in [6, 6.07) is 0. The third kappa shape index (κ3) is 14.2. The van der Waals surface area contributed by atoms with Crippen LogP contribution in [0.25, 0.3) is 0 Å². The maximum absolute atomic E-state index is 3.74. The molecule has 0 aliphatic carbocycles. The lowest BCUT2D eigenvalue weighted by atomic mass is 9.96. The third-order valence-electron chi connectivity index (χ3n) is 4.04. The highest BCUT2D eigenvalue weighted by Crippen LogP contribution is 2.15. The van der Waals surface area contributed by atoms with Crippen molar-refractivity contribution in [3.05, 3.63) is 0 Å². The molecular weight excluding hydrogens is 230 g/mol. The fraction of sp³-hybridized carbons (Fsp3) is 1.00. The molecule has 19 heavy (non-hydrogen) atoms. The van der Waals surface area contributed by atoms with Crippen LogP contribution in [0.1, 0.15) is 105 Å². The molecule has 0 heterocycles. The van der Waals surface area contributed by atoms with Gasteiger partial charge in [0, 0.05) is 5.54 Å². The first-order valence-corrected chi connectivity index (χ1v) is 8.87. The lowest BCUT2D eigenvalue weighted by molar-refractivity contribution is 0.343. The molecule has 0 unspecified atom stereocenters. The molecule has 0 rings (SSSR count). The summed E-state index contributed by atoms with van der Waals surface area (Å²) in [5.74, 6) is 0. The summed E-state index contributed by atoms with van der Waals surface area (Å²) in [5.41, 5.74) is 0.343. The number of hydrogen-bond acceptors (Lipinski definition) is 1. The van der Waals surface area contributed by atoms with Gasteiger partial charge in [0.1, 0.15) is 0 Å². The van der Waals surface area contributed by atoms with E-state index < -0.39 is 0 Å². The number of nitrogens with one attached hydrogen (secondary N) is 1. The maximum Gasteiger partial charge on any atom is 0.0125 e. The molecule has 0 radical (unpaired) electrons. The predicted octanol–water partition coefficient (Wildman–Crippen LogP) is 6.08. The zero-order valence-electron chi connectivity index (χ0n) is 14.2. The molecule has 0 spiro atoms. The molecule has 0 bridgehead atoms. The van der Waals surface area contributed by atoms with Gasteiger partial charge in [-0.15, -0.1) is 0 Å². The molecule has 0 aromatic carbocycles. The Hall–Kier alpha value is -0.0400. The summed E-state index contributed by atoms with van der Waals surface area (Å²) in [6.07, 6.45) is 16.7. The van der Waals surface area contributed by atoms with Gasteiger partial charge in [0.15, 0.2) is 0 Å². The standard InChI is InChI=1S/C18H39N/c1-5-7-9-11-13-15-17-19-18(3,4)16-14-12-10-8-6-2/h19H,5-17H2,1-4H3. The SMILES string of the molecule is CCCCCCCCNC(C)(C)CCCCCCC. The summed E-state index contributed by atoms with van der Waals surface area (Å²) in [6.45, 7) is 10.5. The number of rotatable bonds is 14. The molecule has 0 fully saturated rings. The molecule has 0 amide bonds. The highest BCUT2D eigenvalue weighted by Gasteiger charge is 2.15. The van der Waals surface area contributed by atoms with Crippen LogP contribution in [-0.4, -0.2) is 12.1 Å². The topological polar surface area (TPSA) is 12.0 Å². The van der Waals surface area contributed by atoms with E-state index in [0.717, 1.165) is 0 Å². The summed E-state index contributed by atoms with van der Waals surface area (Å²) in [5, 5.41) is 3.74. The Morgan fingerprint density at radius 1 is 0.632 bits per heavy atom. The van der Waals surface area contributed by atoms with Crippen molar-refractivity contribution in [2.45, 2.75) is 110 Å². The zero-order valence-corrected chi connectivity index (χ0v) is 14.2. The Morgan fingerprint density at radius 2 is 1.11 bits per heavy atom. The molecule has 116 valence electrons. The van der Waals surface area contributed by atoms with Crippen LogP contribution in [0, 0.1) is 0 Å². The predicted molar refractivity (Wildman–Crippen MR) is 88.8 cm³/mol. The van der Waals surface area contributed by atoms with Gasteiger partial charge in [-0.25, -0.2) is 0 Å². The van der Waals surface area contributed by atoms with E-state index in [1.807, 2.05) is 0 Å². The normalized spacial score (nSPS) is 12.0. The second kappa shape index (κ2) is 13.0. The van der Waals surface area contributed by atoms with Gasteiger partial charge in [0.05, 0.1) is 0 Å². The van der Waals surface area contributed by atoms with Gasteiger partial charge < -0.3 is 5.32 Å². The second-order valence-electron chi connectivity index (χ2n) is 6.74.